The highest BCUT2D eigenvalue weighted by molar-refractivity contribution is 7.89. The number of aliphatic hydroxyl groups is 1. The van der Waals surface area contributed by atoms with E-state index >= 15 is 0 Å². The normalized spacial score (nSPS) is 14.9. The van der Waals surface area contributed by atoms with Crippen LogP contribution in [0, 0.1) is 0 Å². The minimum atomic E-state index is -3.71. The van der Waals surface area contributed by atoms with Gasteiger partial charge in [0.2, 0.25) is 26.0 Å². The van der Waals surface area contributed by atoms with Crippen LogP contribution in [0.5, 0.6) is 0 Å². The first-order chi connectivity index (χ1) is 32.6. The Morgan fingerprint density at radius 2 is 0.985 bits per heavy atom. The average molecular weight is 1000 g/mol. The molecule has 0 atom stereocenters. The van der Waals surface area contributed by atoms with Gasteiger partial charge in [0.1, 0.15) is 0 Å². The zero-order valence-electron chi connectivity index (χ0n) is 36.8. The van der Waals surface area contributed by atoms with Crippen LogP contribution >= 0.6 is 23.2 Å². The fourth-order valence-corrected chi connectivity index (χ4v) is 10.8. The molecule has 0 spiro atoms. The topological polar surface area (TPSA) is 203 Å². The molecule has 3 N–H and O–H groups in total. The molecular weight excluding hydrogens is 952 g/mol. The van der Waals surface area contributed by atoms with Gasteiger partial charge < -0.3 is 20.6 Å². The fraction of sp³-hybridized carbons (Fsp3) is 0.229. The van der Waals surface area contributed by atoms with Crippen molar-refractivity contribution in [1.82, 2.24) is 28.4 Å². The van der Waals surface area contributed by atoms with Crippen molar-refractivity contribution in [2.24, 2.45) is 0 Å². The van der Waals surface area contributed by atoms with Crippen LogP contribution < -0.4 is 10.6 Å². The van der Waals surface area contributed by atoms with Crippen molar-refractivity contribution in [3.8, 4) is 22.5 Å². The summed E-state index contributed by atoms with van der Waals surface area (Å²) in [6.07, 6.45) is 3.33. The maximum absolute atomic E-state index is 13.0. The zero-order valence-corrected chi connectivity index (χ0v) is 40.0. The van der Waals surface area contributed by atoms with Crippen LogP contribution in [0.3, 0.4) is 0 Å². The number of hydrogen-bond acceptors (Lipinski definition) is 11. The first kappa shape index (κ1) is 49.8. The van der Waals surface area contributed by atoms with Crippen molar-refractivity contribution in [3.63, 3.8) is 0 Å². The van der Waals surface area contributed by atoms with E-state index in [1.165, 1.54) is 64.1 Å². The summed E-state index contributed by atoms with van der Waals surface area (Å²) >= 11 is 12.6. The van der Waals surface area contributed by atoms with Crippen molar-refractivity contribution in [3.05, 3.63) is 155 Å². The number of aliphatic hydroxyl groups excluding tert-OH is 1. The molecule has 4 heterocycles. The van der Waals surface area contributed by atoms with E-state index in [1.807, 2.05) is 35.2 Å². The van der Waals surface area contributed by atoms with E-state index in [-0.39, 0.29) is 47.2 Å². The number of sulfonamides is 2. The Balaban J connectivity index is 0.000000201. The molecule has 4 aromatic carbocycles. The maximum atomic E-state index is 13.0. The Kier molecular flexibility index (Phi) is 16.4. The lowest BCUT2D eigenvalue weighted by atomic mass is 10.1. The second-order valence-electron chi connectivity index (χ2n) is 15.7. The second kappa shape index (κ2) is 22.3. The predicted octanol–water partition coefficient (Wildman–Crippen LogP) is 6.46. The molecule has 6 aromatic rings. The van der Waals surface area contributed by atoms with Gasteiger partial charge in [-0.1, -0.05) is 35.3 Å². The lowest BCUT2D eigenvalue weighted by molar-refractivity contribution is -0.129. The SMILES string of the molecule is CC(=O)N1CCN(S(=O)(=O)c2ccc(C(=O)Nc3ccc(Cl)c(-c4ccccn4)c3)cc2)CC1.O=C(Nc1ccc(Cl)c(-c2ccccn2)c1)c1ccc(S(=O)(=O)N2CCN(CCO)CC2)cc1. The van der Waals surface area contributed by atoms with E-state index in [2.05, 4.69) is 20.6 Å². The number of piperazine rings is 2. The van der Waals surface area contributed by atoms with Gasteiger partial charge in [-0.3, -0.25) is 29.3 Å². The first-order valence-corrected chi connectivity index (χ1v) is 25.1. The third-order valence-corrected chi connectivity index (χ3v) is 15.8. The van der Waals surface area contributed by atoms with Gasteiger partial charge in [-0.15, -0.1) is 0 Å². The minimum absolute atomic E-state index is 0.0523. The van der Waals surface area contributed by atoms with E-state index < -0.39 is 20.0 Å². The Hall–Kier alpha value is -6.09. The van der Waals surface area contributed by atoms with Crippen LogP contribution in [0.1, 0.15) is 27.6 Å². The molecule has 2 aliphatic heterocycles. The molecule has 2 aliphatic rings. The third-order valence-electron chi connectivity index (χ3n) is 11.3. The molecule has 3 amide bonds. The number of nitrogens with zero attached hydrogens (tertiary/aromatic N) is 6. The summed E-state index contributed by atoms with van der Waals surface area (Å²) in [7, 11) is -7.36. The Labute approximate surface area is 405 Å². The maximum Gasteiger partial charge on any atom is 0.255 e. The predicted molar refractivity (Wildman–Crippen MR) is 261 cm³/mol. The van der Waals surface area contributed by atoms with Crippen molar-refractivity contribution in [2.45, 2.75) is 16.7 Å². The van der Waals surface area contributed by atoms with Gasteiger partial charge in [-0.25, -0.2) is 16.8 Å². The van der Waals surface area contributed by atoms with E-state index in [0.29, 0.717) is 101 Å². The molecule has 0 radical (unpaired) electrons. The van der Waals surface area contributed by atoms with Gasteiger partial charge >= 0.3 is 0 Å². The molecule has 0 aliphatic carbocycles. The van der Waals surface area contributed by atoms with Gasteiger partial charge in [0, 0.05) is 112 Å². The average Bonchev–Trinajstić information content (AvgIpc) is 3.36. The highest BCUT2D eigenvalue weighted by atomic mass is 35.5. The summed E-state index contributed by atoms with van der Waals surface area (Å²) in [4.78, 5) is 49.5. The van der Waals surface area contributed by atoms with Gasteiger partial charge in [0.25, 0.3) is 11.8 Å². The first-order valence-electron chi connectivity index (χ1n) is 21.5. The monoisotopic (exact) mass is 998 g/mol. The van der Waals surface area contributed by atoms with Gasteiger partial charge in [-0.05, 0) is 109 Å². The van der Waals surface area contributed by atoms with Crippen LogP contribution in [0.25, 0.3) is 22.5 Å². The number of pyridine rings is 2. The molecule has 20 heteroatoms. The summed E-state index contributed by atoms with van der Waals surface area (Å²) in [5.41, 5.74) is 4.49. The van der Waals surface area contributed by atoms with Crippen LogP contribution in [0.15, 0.2) is 144 Å². The molecule has 2 saturated heterocycles. The van der Waals surface area contributed by atoms with Crippen LogP contribution in [0.4, 0.5) is 11.4 Å². The lowest BCUT2D eigenvalue weighted by Gasteiger charge is -2.33. The number of rotatable bonds is 12. The number of carbonyl (C=O) groups excluding carboxylic acids is 3. The number of hydrogen-bond donors (Lipinski definition) is 3. The van der Waals surface area contributed by atoms with Gasteiger partial charge in [-0.2, -0.15) is 8.61 Å². The summed E-state index contributed by atoms with van der Waals surface area (Å²) in [6, 6.07) is 32.9. The van der Waals surface area contributed by atoms with E-state index in [1.54, 1.807) is 59.8 Å². The van der Waals surface area contributed by atoms with Crippen LogP contribution in [0.2, 0.25) is 10.0 Å². The van der Waals surface area contributed by atoms with Gasteiger partial charge in [0.15, 0.2) is 0 Å². The molecule has 8 rings (SSSR count). The van der Waals surface area contributed by atoms with Crippen LogP contribution in [-0.4, -0.2) is 134 Å². The van der Waals surface area contributed by atoms with Crippen molar-refractivity contribution >= 4 is 72.3 Å². The molecule has 0 bridgehead atoms. The number of benzene rings is 4. The number of aromatic nitrogens is 2. The van der Waals surface area contributed by atoms with Gasteiger partial charge in [0.05, 0.1) is 37.8 Å². The number of β-amino-alcohol motifs (C(OH)–C–C–N with tert-alkyl or cyclic N) is 1. The largest absolute Gasteiger partial charge is 0.395 e. The quantitative estimate of drug-likeness (QED) is 0.122. The van der Waals surface area contributed by atoms with E-state index in [9.17, 15) is 31.2 Å². The molecule has 354 valence electrons. The zero-order chi connectivity index (χ0) is 48.4. The van der Waals surface area contributed by atoms with Crippen molar-refractivity contribution in [1.29, 1.82) is 0 Å². The standard InChI is InChI=1S/C24H23ClN4O4S.C24H25ClN4O4S/c1-17(30)28-12-14-29(15-13-28)34(32,33)20-8-5-18(6-9-20)24(31)27-19-7-10-22(25)21(16-19)23-4-2-3-11-26-23;25-22-9-6-19(17-21(22)23-3-1-2-10-26-23)27-24(31)18-4-7-20(8-5-18)34(32,33)29-13-11-28(12-14-29)15-16-30/h2-11,16H,12-15H2,1H3,(H,27,31);1-10,17,30H,11-16H2,(H,27,31). The number of amides is 3. The highest BCUT2D eigenvalue weighted by Crippen LogP contribution is 2.31. The molecule has 0 unspecified atom stereocenters. The Morgan fingerprint density at radius 3 is 1.35 bits per heavy atom. The second-order valence-corrected chi connectivity index (χ2v) is 20.3. The molecule has 2 fully saturated rings. The summed E-state index contributed by atoms with van der Waals surface area (Å²) in [5.74, 6) is -0.815. The molecular formula is C48H48Cl2N8O8S2. The Bertz CT molecular complexity index is 2960. The third kappa shape index (κ3) is 12.1. The highest BCUT2D eigenvalue weighted by Gasteiger charge is 2.30. The molecule has 0 saturated carbocycles. The molecule has 68 heavy (non-hydrogen) atoms. The summed E-state index contributed by atoms with van der Waals surface area (Å²) in [6.45, 7) is 5.11. The summed E-state index contributed by atoms with van der Waals surface area (Å²) < 4.78 is 54.6. The summed E-state index contributed by atoms with van der Waals surface area (Å²) in [5, 5.41) is 15.7. The van der Waals surface area contributed by atoms with Crippen LogP contribution in [-0.2, 0) is 24.8 Å². The lowest BCUT2D eigenvalue weighted by Crippen LogP contribution is -2.49. The van der Waals surface area contributed by atoms with Crippen molar-refractivity contribution in [2.75, 3.05) is 76.1 Å². The smallest absolute Gasteiger partial charge is 0.255 e. The fourth-order valence-electron chi connectivity index (χ4n) is 7.48. The number of nitrogens with one attached hydrogen (secondary N) is 2. The number of anilines is 2. The molecule has 16 nitrogen and oxygen atoms in total. The minimum Gasteiger partial charge on any atom is -0.395 e. The number of carbonyl (C=O) groups is 3. The number of halogens is 2. The van der Waals surface area contributed by atoms with Crippen molar-refractivity contribution < 1.29 is 36.3 Å². The molecule has 2 aromatic heterocycles. The van der Waals surface area contributed by atoms with E-state index in [0.717, 1.165) is 0 Å². The Morgan fingerprint density at radius 1 is 0.574 bits per heavy atom. The van der Waals surface area contributed by atoms with E-state index in [4.69, 9.17) is 28.3 Å².